The van der Waals surface area contributed by atoms with Gasteiger partial charge < -0.3 is 5.73 Å². The molecule has 1 atom stereocenters. The van der Waals surface area contributed by atoms with Gasteiger partial charge in [-0.15, -0.1) is 0 Å². The van der Waals surface area contributed by atoms with Crippen molar-refractivity contribution in [2.75, 3.05) is 5.75 Å². The number of nitrogens with zero attached hydrogens (tertiary/aromatic N) is 1. The molecule has 2 nitrogen and oxygen atoms in total. The molecule has 1 heterocycles. The molecule has 1 fully saturated rings. The summed E-state index contributed by atoms with van der Waals surface area (Å²) in [4.78, 5) is 4.44. The minimum Gasteiger partial charge on any atom is -0.379 e. The molecule has 0 radical (unpaired) electrons. The van der Waals surface area contributed by atoms with Crippen molar-refractivity contribution in [1.82, 2.24) is 0 Å². The topological polar surface area (TPSA) is 38.4 Å². The smallest absolute Gasteiger partial charge is 0.154 e. The van der Waals surface area contributed by atoms with Gasteiger partial charge in [0.1, 0.15) is 0 Å². The highest BCUT2D eigenvalue weighted by atomic mass is 32.2. The third-order valence-electron chi connectivity index (χ3n) is 3.06. The summed E-state index contributed by atoms with van der Waals surface area (Å²) in [5, 5.41) is 0.806. The molecule has 2 rings (SSSR count). The Morgan fingerprint density at radius 3 is 2.69 bits per heavy atom. The van der Waals surface area contributed by atoms with Gasteiger partial charge in [-0.25, -0.2) is 0 Å². The van der Waals surface area contributed by atoms with E-state index in [-0.39, 0.29) is 0 Å². The first-order valence-electron chi connectivity index (χ1n) is 5.30. The Labute approximate surface area is 84.4 Å². The van der Waals surface area contributed by atoms with Crippen LogP contribution in [0.1, 0.15) is 38.5 Å². The van der Waals surface area contributed by atoms with Crippen molar-refractivity contribution in [2.24, 2.45) is 16.6 Å². The molecule has 0 aromatic rings. The van der Waals surface area contributed by atoms with Crippen LogP contribution in [0.4, 0.5) is 0 Å². The standard InChI is InChI=1S/C10H18N2S/c11-10-12-9(7-13-10)6-8-4-2-1-3-5-8/h8-9H,1-7H2,(H2,11,12)/t9-/m0/s1. The Kier molecular flexibility index (Phi) is 3.14. The van der Waals surface area contributed by atoms with E-state index in [4.69, 9.17) is 5.73 Å². The maximum Gasteiger partial charge on any atom is 0.154 e. The summed E-state index contributed by atoms with van der Waals surface area (Å²) in [5.41, 5.74) is 5.64. The zero-order valence-electron chi connectivity index (χ0n) is 8.04. The summed E-state index contributed by atoms with van der Waals surface area (Å²) in [6.45, 7) is 0. The van der Waals surface area contributed by atoms with E-state index in [1.165, 1.54) is 38.5 Å². The largest absolute Gasteiger partial charge is 0.379 e. The van der Waals surface area contributed by atoms with Crippen LogP contribution in [-0.2, 0) is 0 Å². The molecule has 74 valence electrons. The first kappa shape index (κ1) is 9.38. The van der Waals surface area contributed by atoms with Crippen molar-refractivity contribution < 1.29 is 0 Å². The fraction of sp³-hybridized carbons (Fsp3) is 0.900. The summed E-state index contributed by atoms with van der Waals surface area (Å²) in [5.74, 6) is 2.07. The Balaban J connectivity index is 1.77. The molecule has 0 spiro atoms. The zero-order valence-corrected chi connectivity index (χ0v) is 8.85. The van der Waals surface area contributed by atoms with E-state index in [2.05, 4.69) is 4.99 Å². The number of hydrogen-bond donors (Lipinski definition) is 1. The molecule has 3 heteroatoms. The third-order valence-corrected chi connectivity index (χ3v) is 4.02. The van der Waals surface area contributed by atoms with Crippen LogP contribution in [0, 0.1) is 5.92 Å². The maximum absolute atomic E-state index is 5.64. The predicted molar refractivity (Wildman–Crippen MR) is 59.1 cm³/mol. The van der Waals surface area contributed by atoms with E-state index in [1.807, 2.05) is 0 Å². The number of thioether (sulfide) groups is 1. The van der Waals surface area contributed by atoms with Crippen LogP contribution < -0.4 is 5.73 Å². The molecule has 0 bridgehead atoms. The normalized spacial score (nSPS) is 30.5. The summed E-state index contributed by atoms with van der Waals surface area (Å²) in [6.07, 6.45) is 8.45. The van der Waals surface area contributed by atoms with E-state index >= 15 is 0 Å². The minimum absolute atomic E-state index is 0.535. The lowest BCUT2D eigenvalue weighted by Crippen LogP contribution is -2.15. The van der Waals surface area contributed by atoms with Crippen LogP contribution in [-0.4, -0.2) is 17.0 Å². The van der Waals surface area contributed by atoms with Gasteiger partial charge in [-0.3, -0.25) is 4.99 Å². The fourth-order valence-corrected chi connectivity index (χ4v) is 3.16. The molecular weight excluding hydrogens is 180 g/mol. The summed E-state index contributed by atoms with van der Waals surface area (Å²) in [7, 11) is 0. The van der Waals surface area contributed by atoms with Crippen LogP contribution in [0.2, 0.25) is 0 Å². The molecule has 0 aromatic carbocycles. The van der Waals surface area contributed by atoms with Crippen molar-refractivity contribution in [3.63, 3.8) is 0 Å². The molecule has 2 aliphatic rings. The monoisotopic (exact) mass is 198 g/mol. The Hall–Kier alpha value is -0.180. The van der Waals surface area contributed by atoms with Gasteiger partial charge in [-0.05, 0) is 12.3 Å². The second-order valence-corrected chi connectivity index (χ2v) is 5.21. The molecule has 1 aliphatic heterocycles. The van der Waals surface area contributed by atoms with Crippen molar-refractivity contribution in [2.45, 2.75) is 44.6 Å². The Morgan fingerprint density at radius 2 is 2.08 bits per heavy atom. The lowest BCUT2D eigenvalue weighted by Gasteiger charge is -2.22. The highest BCUT2D eigenvalue weighted by Gasteiger charge is 2.22. The minimum atomic E-state index is 0.535. The lowest BCUT2D eigenvalue weighted by atomic mass is 9.85. The zero-order chi connectivity index (χ0) is 9.10. The summed E-state index contributed by atoms with van der Waals surface area (Å²) in [6, 6.07) is 0.535. The highest BCUT2D eigenvalue weighted by Crippen LogP contribution is 2.30. The van der Waals surface area contributed by atoms with Crippen molar-refractivity contribution in [3.8, 4) is 0 Å². The van der Waals surface area contributed by atoms with Gasteiger partial charge in [0.2, 0.25) is 0 Å². The quantitative estimate of drug-likeness (QED) is 0.740. The van der Waals surface area contributed by atoms with Gasteiger partial charge in [0, 0.05) is 5.75 Å². The second kappa shape index (κ2) is 4.36. The van der Waals surface area contributed by atoms with E-state index in [9.17, 15) is 0 Å². The summed E-state index contributed by atoms with van der Waals surface area (Å²) < 4.78 is 0. The molecule has 1 aliphatic carbocycles. The van der Waals surface area contributed by atoms with E-state index in [0.29, 0.717) is 6.04 Å². The van der Waals surface area contributed by atoms with Gasteiger partial charge in [-0.1, -0.05) is 43.9 Å². The molecule has 1 saturated carbocycles. The highest BCUT2D eigenvalue weighted by molar-refractivity contribution is 8.14. The van der Waals surface area contributed by atoms with Crippen molar-refractivity contribution >= 4 is 16.9 Å². The third kappa shape index (κ3) is 2.63. The molecule has 0 saturated heterocycles. The second-order valence-electron chi connectivity index (χ2n) is 4.17. The molecule has 2 N–H and O–H groups in total. The van der Waals surface area contributed by atoms with Crippen LogP contribution >= 0.6 is 11.8 Å². The molecular formula is C10H18N2S. The van der Waals surface area contributed by atoms with Gasteiger partial charge in [-0.2, -0.15) is 0 Å². The lowest BCUT2D eigenvalue weighted by molar-refractivity contribution is 0.325. The van der Waals surface area contributed by atoms with E-state index < -0.39 is 0 Å². The molecule has 0 aromatic heterocycles. The Morgan fingerprint density at radius 1 is 1.31 bits per heavy atom. The molecule has 13 heavy (non-hydrogen) atoms. The first-order valence-corrected chi connectivity index (χ1v) is 6.29. The number of amidine groups is 1. The molecule has 0 unspecified atom stereocenters. The van der Waals surface area contributed by atoms with Crippen molar-refractivity contribution in [3.05, 3.63) is 0 Å². The van der Waals surface area contributed by atoms with E-state index in [0.717, 1.165) is 16.8 Å². The van der Waals surface area contributed by atoms with Crippen LogP contribution in [0.25, 0.3) is 0 Å². The number of aliphatic imine (C=N–C) groups is 1. The van der Waals surface area contributed by atoms with Gasteiger partial charge in [0.25, 0.3) is 0 Å². The van der Waals surface area contributed by atoms with Crippen LogP contribution in [0.5, 0.6) is 0 Å². The number of nitrogens with two attached hydrogens (primary N) is 1. The average molecular weight is 198 g/mol. The molecule has 0 amide bonds. The van der Waals surface area contributed by atoms with Crippen molar-refractivity contribution in [1.29, 1.82) is 0 Å². The van der Waals surface area contributed by atoms with Gasteiger partial charge >= 0.3 is 0 Å². The van der Waals surface area contributed by atoms with Crippen LogP contribution in [0.3, 0.4) is 0 Å². The average Bonchev–Trinajstić information content (AvgIpc) is 2.53. The summed E-state index contributed by atoms with van der Waals surface area (Å²) >= 11 is 1.72. The van der Waals surface area contributed by atoms with Gasteiger partial charge in [0.05, 0.1) is 6.04 Å². The number of rotatable bonds is 2. The Bertz CT molecular complexity index is 197. The predicted octanol–water partition coefficient (Wildman–Crippen LogP) is 2.39. The fourth-order valence-electron chi connectivity index (χ4n) is 2.36. The SMILES string of the molecule is NC1=N[C@@H](CC2CCCCC2)CS1. The maximum atomic E-state index is 5.64. The number of hydrogen-bond acceptors (Lipinski definition) is 3. The van der Waals surface area contributed by atoms with Gasteiger partial charge in [0.15, 0.2) is 5.17 Å². The first-order chi connectivity index (χ1) is 6.34. The van der Waals surface area contributed by atoms with Crippen LogP contribution in [0.15, 0.2) is 4.99 Å². The van der Waals surface area contributed by atoms with E-state index in [1.54, 1.807) is 11.8 Å².